The summed E-state index contributed by atoms with van der Waals surface area (Å²) in [5.41, 5.74) is 1.10. The molecular formula is C26H33N5O4. The number of carbonyl (C=O) groups excluding carboxylic acids is 2. The summed E-state index contributed by atoms with van der Waals surface area (Å²) in [7, 11) is 3.49. The molecule has 1 aliphatic rings. The number of benzene rings is 1. The molecular weight excluding hydrogens is 446 g/mol. The number of hydrogen-bond donors (Lipinski definition) is 0. The molecule has 0 aliphatic carbocycles. The summed E-state index contributed by atoms with van der Waals surface area (Å²) in [4.78, 5) is 34.0. The van der Waals surface area contributed by atoms with E-state index in [2.05, 4.69) is 16.1 Å². The van der Waals surface area contributed by atoms with Gasteiger partial charge < -0.3 is 19.0 Å². The lowest BCUT2D eigenvalue weighted by molar-refractivity contribution is -0.133. The third-order valence-corrected chi connectivity index (χ3v) is 6.81. The molecule has 1 aliphatic heterocycles. The van der Waals surface area contributed by atoms with Crippen molar-refractivity contribution in [3.63, 3.8) is 0 Å². The number of ether oxygens (including phenoxy) is 1. The van der Waals surface area contributed by atoms with Gasteiger partial charge in [-0.25, -0.2) is 9.67 Å². The summed E-state index contributed by atoms with van der Waals surface area (Å²) >= 11 is 0. The van der Waals surface area contributed by atoms with Crippen LogP contribution in [0.5, 0.6) is 5.75 Å². The highest BCUT2D eigenvalue weighted by molar-refractivity contribution is 5.91. The molecule has 1 aromatic carbocycles. The number of aryl methyl sites for hydroxylation is 2. The normalized spacial score (nSPS) is 15.1. The van der Waals surface area contributed by atoms with Gasteiger partial charge in [0.2, 0.25) is 5.91 Å². The van der Waals surface area contributed by atoms with Crippen LogP contribution in [0.1, 0.15) is 40.6 Å². The van der Waals surface area contributed by atoms with Crippen molar-refractivity contribution in [3.05, 3.63) is 65.6 Å². The number of amides is 2. The third-order valence-electron chi connectivity index (χ3n) is 6.81. The second-order valence-corrected chi connectivity index (χ2v) is 9.10. The number of hydrogen-bond acceptors (Lipinski definition) is 6. The quantitative estimate of drug-likeness (QED) is 0.493. The van der Waals surface area contributed by atoms with Crippen molar-refractivity contribution in [1.29, 1.82) is 0 Å². The molecule has 1 saturated heterocycles. The minimum Gasteiger partial charge on any atom is -0.497 e. The first-order chi connectivity index (χ1) is 16.9. The van der Waals surface area contributed by atoms with Crippen molar-refractivity contribution in [1.82, 2.24) is 24.6 Å². The van der Waals surface area contributed by atoms with E-state index in [4.69, 9.17) is 9.15 Å². The molecule has 1 atom stereocenters. The average Bonchev–Trinajstić information content (AvgIpc) is 3.51. The van der Waals surface area contributed by atoms with Crippen LogP contribution in [-0.4, -0.2) is 69.7 Å². The number of nitrogens with zero attached hydrogens (tertiary/aromatic N) is 5. The van der Waals surface area contributed by atoms with Gasteiger partial charge in [0.15, 0.2) is 5.76 Å². The molecule has 0 spiro atoms. The van der Waals surface area contributed by atoms with Gasteiger partial charge in [-0.2, -0.15) is 5.10 Å². The summed E-state index contributed by atoms with van der Waals surface area (Å²) in [6.45, 7) is 5.17. The fourth-order valence-electron chi connectivity index (χ4n) is 4.86. The van der Waals surface area contributed by atoms with Gasteiger partial charge in [0.05, 0.1) is 13.4 Å². The van der Waals surface area contributed by atoms with Crippen LogP contribution in [0.15, 0.2) is 47.1 Å². The fourth-order valence-corrected chi connectivity index (χ4v) is 4.86. The van der Waals surface area contributed by atoms with Crippen molar-refractivity contribution in [2.45, 2.75) is 45.7 Å². The first-order valence-corrected chi connectivity index (χ1v) is 11.9. The van der Waals surface area contributed by atoms with E-state index in [9.17, 15) is 9.59 Å². The Morgan fingerprint density at radius 3 is 2.60 bits per heavy atom. The molecule has 3 aromatic rings. The lowest BCUT2D eigenvalue weighted by atomic mass is 9.84. The first-order valence-electron chi connectivity index (χ1n) is 11.9. The minimum absolute atomic E-state index is 0.0424. The van der Waals surface area contributed by atoms with Crippen LogP contribution < -0.4 is 4.74 Å². The number of aromatic nitrogens is 3. The van der Waals surface area contributed by atoms with E-state index in [1.165, 1.54) is 6.26 Å². The number of piperidine rings is 1. The standard InChI is InChI=1S/C26H33N5O4/c1-18-27-19(2)31(28-18)17-25(32)30-12-10-21(11-13-30)23(16-20-7-5-8-22(15-20)34-4)29(3)26(33)24-9-6-14-35-24/h5-9,14-15,21,23H,10-13,16-17H2,1-4H3/t23-/m0/s1. The molecule has 2 aromatic heterocycles. The summed E-state index contributed by atoms with van der Waals surface area (Å²) in [5.74, 6) is 2.67. The fraction of sp³-hybridized carbons (Fsp3) is 0.462. The summed E-state index contributed by atoms with van der Waals surface area (Å²) in [6, 6.07) is 11.3. The number of furan rings is 1. The van der Waals surface area contributed by atoms with Gasteiger partial charge in [-0.05, 0) is 68.9 Å². The number of likely N-dealkylation sites (tertiary alicyclic amines) is 1. The molecule has 0 N–H and O–H groups in total. The third kappa shape index (κ3) is 5.72. The Hall–Kier alpha value is -3.62. The molecule has 0 unspecified atom stereocenters. The molecule has 2 amide bonds. The molecule has 1 fully saturated rings. The maximum absolute atomic E-state index is 13.1. The second-order valence-electron chi connectivity index (χ2n) is 9.10. The topological polar surface area (TPSA) is 93.7 Å². The Morgan fingerprint density at radius 2 is 1.97 bits per heavy atom. The molecule has 186 valence electrons. The molecule has 35 heavy (non-hydrogen) atoms. The predicted octanol–water partition coefficient (Wildman–Crippen LogP) is 3.12. The van der Waals surface area contributed by atoms with Gasteiger partial charge in [0.25, 0.3) is 5.91 Å². The van der Waals surface area contributed by atoms with Crippen molar-refractivity contribution < 1.29 is 18.7 Å². The Bertz CT molecular complexity index is 1150. The first kappa shape index (κ1) is 24.5. The lowest BCUT2D eigenvalue weighted by Gasteiger charge is -2.40. The largest absolute Gasteiger partial charge is 0.497 e. The highest BCUT2D eigenvalue weighted by Crippen LogP contribution is 2.28. The average molecular weight is 480 g/mol. The molecule has 4 rings (SSSR count). The highest BCUT2D eigenvalue weighted by atomic mass is 16.5. The zero-order valence-electron chi connectivity index (χ0n) is 20.8. The summed E-state index contributed by atoms with van der Waals surface area (Å²) in [5, 5.41) is 4.31. The molecule has 9 heteroatoms. The molecule has 0 bridgehead atoms. The van der Waals surface area contributed by atoms with E-state index >= 15 is 0 Å². The SMILES string of the molecule is COc1cccc(C[C@@H](C2CCN(C(=O)Cn3nc(C)nc3C)CC2)N(C)C(=O)c2ccco2)c1. The zero-order valence-corrected chi connectivity index (χ0v) is 20.8. The van der Waals surface area contributed by atoms with Crippen LogP contribution in [0.4, 0.5) is 0 Å². The molecule has 3 heterocycles. The number of likely N-dealkylation sites (N-methyl/N-ethyl adjacent to an activating group) is 1. The number of methoxy groups -OCH3 is 1. The maximum atomic E-state index is 13.1. The molecule has 9 nitrogen and oxygen atoms in total. The van der Waals surface area contributed by atoms with Gasteiger partial charge in [-0.15, -0.1) is 0 Å². The number of carbonyl (C=O) groups is 2. The maximum Gasteiger partial charge on any atom is 0.289 e. The van der Waals surface area contributed by atoms with Crippen LogP contribution >= 0.6 is 0 Å². The second kappa shape index (κ2) is 10.8. The predicted molar refractivity (Wildman–Crippen MR) is 130 cm³/mol. The van der Waals surface area contributed by atoms with E-state index in [-0.39, 0.29) is 30.3 Å². The van der Waals surface area contributed by atoms with Crippen molar-refractivity contribution >= 4 is 11.8 Å². The summed E-state index contributed by atoms with van der Waals surface area (Å²) < 4.78 is 12.4. The van der Waals surface area contributed by atoms with Gasteiger partial charge in [-0.3, -0.25) is 9.59 Å². The Morgan fingerprint density at radius 1 is 1.20 bits per heavy atom. The lowest BCUT2D eigenvalue weighted by Crippen LogP contribution is -2.49. The number of rotatable bonds is 8. The molecule has 0 saturated carbocycles. The van der Waals surface area contributed by atoms with Crippen LogP contribution in [0, 0.1) is 19.8 Å². The van der Waals surface area contributed by atoms with Crippen LogP contribution in [0.25, 0.3) is 0 Å². The Labute approximate surface area is 205 Å². The minimum atomic E-state index is -0.140. The van der Waals surface area contributed by atoms with E-state index in [1.54, 1.807) is 28.8 Å². The summed E-state index contributed by atoms with van der Waals surface area (Å²) in [6.07, 6.45) is 3.83. The van der Waals surface area contributed by atoms with E-state index in [0.717, 1.165) is 30.0 Å². The smallest absolute Gasteiger partial charge is 0.289 e. The van der Waals surface area contributed by atoms with Gasteiger partial charge in [0.1, 0.15) is 23.9 Å². The van der Waals surface area contributed by atoms with Gasteiger partial charge >= 0.3 is 0 Å². The van der Waals surface area contributed by atoms with E-state index < -0.39 is 0 Å². The highest BCUT2D eigenvalue weighted by Gasteiger charge is 2.34. The van der Waals surface area contributed by atoms with Crippen molar-refractivity contribution in [3.8, 4) is 5.75 Å². The van der Waals surface area contributed by atoms with Crippen molar-refractivity contribution in [2.24, 2.45) is 5.92 Å². The zero-order chi connectivity index (χ0) is 24.9. The Kier molecular flexibility index (Phi) is 7.53. The molecule has 0 radical (unpaired) electrons. The van der Waals surface area contributed by atoms with Crippen LogP contribution in [-0.2, 0) is 17.8 Å². The van der Waals surface area contributed by atoms with Crippen molar-refractivity contribution in [2.75, 3.05) is 27.2 Å². The van der Waals surface area contributed by atoms with E-state index in [1.807, 2.05) is 44.0 Å². The monoisotopic (exact) mass is 479 g/mol. The van der Waals surface area contributed by atoms with Gasteiger partial charge in [-0.1, -0.05) is 12.1 Å². The Balaban J connectivity index is 1.46. The van der Waals surface area contributed by atoms with Gasteiger partial charge in [0, 0.05) is 26.2 Å². The van der Waals surface area contributed by atoms with Crippen LogP contribution in [0.3, 0.4) is 0 Å². The van der Waals surface area contributed by atoms with Crippen LogP contribution in [0.2, 0.25) is 0 Å². The van der Waals surface area contributed by atoms with E-state index in [0.29, 0.717) is 31.1 Å².